The molecule has 0 radical (unpaired) electrons. The number of allylic oxidation sites excluding steroid dienone is 2. The van der Waals surface area contributed by atoms with Crippen LogP contribution in [0.3, 0.4) is 0 Å². The first-order chi connectivity index (χ1) is 16.7. The second kappa shape index (κ2) is 9.29. The number of benzene rings is 1. The van der Waals surface area contributed by atoms with Gasteiger partial charge in [0, 0.05) is 17.7 Å². The van der Waals surface area contributed by atoms with Gasteiger partial charge < -0.3 is 4.74 Å². The molecule has 7 atom stereocenters. The van der Waals surface area contributed by atoms with E-state index in [4.69, 9.17) is 4.74 Å². The van der Waals surface area contributed by atoms with Gasteiger partial charge in [-0.1, -0.05) is 30.4 Å². The topological polar surface area (TPSA) is 39.2 Å². The third-order valence-electron chi connectivity index (χ3n) is 8.32. The number of fused-ring (bicyclic) bond motifs is 2. The van der Waals surface area contributed by atoms with Gasteiger partial charge in [-0.3, -0.25) is 9.78 Å². The van der Waals surface area contributed by atoms with E-state index in [0.29, 0.717) is 28.9 Å². The molecule has 3 aliphatic rings. The molecule has 0 bridgehead atoms. The van der Waals surface area contributed by atoms with Gasteiger partial charge >= 0.3 is 12.1 Å². The number of alkyl halides is 3. The molecule has 35 heavy (non-hydrogen) atoms. The van der Waals surface area contributed by atoms with E-state index in [9.17, 15) is 18.0 Å². The molecule has 2 aliphatic carbocycles. The van der Waals surface area contributed by atoms with Gasteiger partial charge in [-0.25, -0.2) is 0 Å². The molecule has 2 aromatic rings. The highest BCUT2D eigenvalue weighted by Gasteiger charge is 2.54. The van der Waals surface area contributed by atoms with Crippen molar-refractivity contribution < 1.29 is 22.7 Å². The zero-order valence-corrected chi connectivity index (χ0v) is 19.7. The second-order valence-corrected chi connectivity index (χ2v) is 10.3. The lowest BCUT2D eigenvalue weighted by molar-refractivity contribution is -0.144. The van der Waals surface area contributed by atoms with Gasteiger partial charge in [0.05, 0.1) is 17.2 Å². The third-order valence-corrected chi connectivity index (χ3v) is 8.32. The van der Waals surface area contributed by atoms with Gasteiger partial charge in [0.1, 0.15) is 6.10 Å². The Morgan fingerprint density at radius 3 is 2.66 bits per heavy atom. The Balaban J connectivity index is 1.38. The highest BCUT2D eigenvalue weighted by atomic mass is 19.4. The summed E-state index contributed by atoms with van der Waals surface area (Å²) in [6, 6.07) is 8.91. The SMILES string of the molecule is C=C[C@@H]1CCC2[C@@H](C1)C[C@H]1C(=O)O[C@H](C)[C@H]1[C@H]2/C=C/c1ccc(-c2cccc(C(F)(F)F)c2)cn1. The summed E-state index contributed by atoms with van der Waals surface area (Å²) in [5.74, 6) is 1.78. The molecule has 1 saturated heterocycles. The first-order valence-corrected chi connectivity index (χ1v) is 12.4. The maximum absolute atomic E-state index is 13.1. The Hall–Kier alpha value is -2.89. The number of pyridine rings is 1. The first kappa shape index (κ1) is 23.8. The van der Waals surface area contributed by atoms with Crippen LogP contribution in [-0.2, 0) is 15.7 Å². The average molecular weight is 482 g/mol. The largest absolute Gasteiger partial charge is 0.462 e. The number of carbonyl (C=O) groups excluding carboxylic acids is 1. The number of esters is 1. The number of cyclic esters (lactones) is 1. The number of hydrogen-bond acceptors (Lipinski definition) is 3. The molecule has 0 N–H and O–H groups in total. The van der Waals surface area contributed by atoms with Crippen LogP contribution in [0.25, 0.3) is 17.2 Å². The minimum absolute atomic E-state index is 0.0549. The van der Waals surface area contributed by atoms with Crippen LogP contribution in [-0.4, -0.2) is 17.1 Å². The normalized spacial score (nSPS) is 32.7. The number of rotatable bonds is 4. The standard InChI is InChI=1S/C29H30F3NO2/c1-3-18-7-11-24-21(13-18)15-26-27(17(2)35-28(26)34)25(24)12-10-23-9-8-20(16-33-23)19-5-4-6-22(14-19)29(30,31)32/h3-6,8-10,12,14,16-18,21,24-27H,1,7,11,13,15H2,2H3/b12-10+/t17-,18-,21+,24?,25+,26-,27+/m1/s1. The van der Waals surface area contributed by atoms with Crippen LogP contribution in [0, 0.1) is 35.5 Å². The maximum atomic E-state index is 13.1. The minimum atomic E-state index is -4.38. The van der Waals surface area contributed by atoms with Crippen molar-refractivity contribution in [3.63, 3.8) is 0 Å². The third kappa shape index (κ3) is 4.67. The summed E-state index contributed by atoms with van der Waals surface area (Å²) >= 11 is 0. The fourth-order valence-electron chi connectivity index (χ4n) is 6.63. The lowest BCUT2D eigenvalue weighted by Gasteiger charge is -2.47. The molecular formula is C29H30F3NO2. The summed E-state index contributed by atoms with van der Waals surface area (Å²) in [5, 5.41) is 0. The molecular weight excluding hydrogens is 451 g/mol. The van der Waals surface area contributed by atoms with E-state index in [1.165, 1.54) is 6.07 Å². The molecule has 1 unspecified atom stereocenters. The number of nitrogens with zero attached hydrogens (tertiary/aromatic N) is 1. The zero-order valence-electron chi connectivity index (χ0n) is 19.7. The van der Waals surface area contributed by atoms with Crippen molar-refractivity contribution in [1.29, 1.82) is 0 Å². The summed E-state index contributed by atoms with van der Waals surface area (Å²) in [5.41, 5.74) is 1.19. The molecule has 2 saturated carbocycles. The van der Waals surface area contributed by atoms with E-state index < -0.39 is 11.7 Å². The first-order valence-electron chi connectivity index (χ1n) is 12.4. The molecule has 3 fully saturated rings. The molecule has 0 spiro atoms. The maximum Gasteiger partial charge on any atom is 0.416 e. The van der Waals surface area contributed by atoms with Gasteiger partial charge in [0.2, 0.25) is 0 Å². The number of aromatic nitrogens is 1. The van der Waals surface area contributed by atoms with Crippen LogP contribution < -0.4 is 0 Å². The molecule has 184 valence electrons. The Morgan fingerprint density at radius 2 is 1.94 bits per heavy atom. The minimum Gasteiger partial charge on any atom is -0.462 e. The van der Waals surface area contributed by atoms with Crippen molar-refractivity contribution in [2.45, 2.75) is 44.9 Å². The Morgan fingerprint density at radius 1 is 1.11 bits per heavy atom. The molecule has 6 heteroatoms. The van der Waals surface area contributed by atoms with Crippen LogP contribution in [0.4, 0.5) is 13.2 Å². The number of halogens is 3. The number of ether oxygens (including phenoxy) is 1. The van der Waals surface area contributed by atoms with Gasteiger partial charge in [0.25, 0.3) is 0 Å². The van der Waals surface area contributed by atoms with Gasteiger partial charge in [0.15, 0.2) is 0 Å². The predicted octanol–water partition coefficient (Wildman–Crippen LogP) is 7.20. The van der Waals surface area contributed by atoms with Crippen molar-refractivity contribution in [1.82, 2.24) is 4.98 Å². The summed E-state index contributed by atoms with van der Waals surface area (Å²) < 4.78 is 44.9. The summed E-state index contributed by atoms with van der Waals surface area (Å²) in [4.78, 5) is 17.1. The highest BCUT2D eigenvalue weighted by molar-refractivity contribution is 5.75. The van der Waals surface area contributed by atoms with E-state index in [0.717, 1.165) is 43.5 Å². The quantitative estimate of drug-likeness (QED) is 0.343. The van der Waals surface area contributed by atoms with Gasteiger partial charge in [-0.2, -0.15) is 13.2 Å². The lowest BCUT2D eigenvalue weighted by atomic mass is 9.56. The Bertz CT molecular complexity index is 1120. The lowest BCUT2D eigenvalue weighted by Crippen LogP contribution is -2.43. The van der Waals surface area contributed by atoms with Crippen molar-refractivity contribution in [3.05, 3.63) is 72.6 Å². The number of carbonyl (C=O) groups is 1. The zero-order chi connectivity index (χ0) is 24.7. The van der Waals surface area contributed by atoms with Crippen molar-refractivity contribution in [3.8, 4) is 11.1 Å². The van der Waals surface area contributed by atoms with E-state index in [1.54, 1.807) is 18.3 Å². The molecule has 5 rings (SSSR count). The highest BCUT2D eigenvalue weighted by Crippen LogP contribution is 2.54. The smallest absolute Gasteiger partial charge is 0.416 e. The van der Waals surface area contributed by atoms with Crippen LogP contribution >= 0.6 is 0 Å². The van der Waals surface area contributed by atoms with E-state index >= 15 is 0 Å². The Labute approximate surface area is 204 Å². The molecule has 2 heterocycles. The van der Waals surface area contributed by atoms with Gasteiger partial charge in [-0.05, 0) is 86.1 Å². The fourth-order valence-corrected chi connectivity index (χ4v) is 6.63. The van der Waals surface area contributed by atoms with Crippen molar-refractivity contribution in [2.24, 2.45) is 35.5 Å². The Kier molecular flexibility index (Phi) is 6.32. The second-order valence-electron chi connectivity index (χ2n) is 10.3. The molecule has 1 aromatic carbocycles. The van der Waals surface area contributed by atoms with E-state index in [1.807, 2.05) is 19.1 Å². The van der Waals surface area contributed by atoms with E-state index in [2.05, 4.69) is 23.7 Å². The molecule has 1 aliphatic heterocycles. The van der Waals surface area contributed by atoms with Crippen LogP contribution in [0.15, 0.2) is 61.3 Å². The molecule has 0 amide bonds. The summed E-state index contributed by atoms with van der Waals surface area (Å²) in [6.45, 7) is 5.99. The summed E-state index contributed by atoms with van der Waals surface area (Å²) in [6.07, 6.45) is 7.60. The molecule has 3 nitrogen and oxygen atoms in total. The summed E-state index contributed by atoms with van der Waals surface area (Å²) in [7, 11) is 0. The predicted molar refractivity (Wildman–Crippen MR) is 129 cm³/mol. The van der Waals surface area contributed by atoms with Crippen LogP contribution in [0.1, 0.15) is 43.9 Å². The van der Waals surface area contributed by atoms with Crippen molar-refractivity contribution >= 4 is 12.0 Å². The van der Waals surface area contributed by atoms with Gasteiger partial charge in [-0.15, -0.1) is 6.58 Å². The van der Waals surface area contributed by atoms with E-state index in [-0.39, 0.29) is 29.8 Å². The number of hydrogen-bond donors (Lipinski definition) is 0. The van der Waals surface area contributed by atoms with Crippen LogP contribution in [0.5, 0.6) is 0 Å². The van der Waals surface area contributed by atoms with Crippen molar-refractivity contribution in [2.75, 3.05) is 0 Å². The monoisotopic (exact) mass is 481 g/mol. The average Bonchev–Trinajstić information content (AvgIpc) is 3.14. The molecule has 1 aromatic heterocycles. The van der Waals surface area contributed by atoms with Crippen LogP contribution in [0.2, 0.25) is 0 Å². The fraction of sp³-hybridized carbons (Fsp3) is 0.448.